The van der Waals surface area contributed by atoms with Gasteiger partial charge in [-0.1, -0.05) is 48.5 Å². The van der Waals surface area contributed by atoms with E-state index < -0.39 is 6.29 Å². The number of carbonyl (C=O) groups excluding carboxylic acids is 2. The molecule has 0 radical (unpaired) electrons. The number of benzene rings is 2. The first-order valence-electron chi connectivity index (χ1n) is 14.3. The molecule has 0 bridgehead atoms. The van der Waals surface area contributed by atoms with Crippen LogP contribution >= 0.6 is 0 Å². The summed E-state index contributed by atoms with van der Waals surface area (Å²) in [6.45, 7) is 7.63. The van der Waals surface area contributed by atoms with Gasteiger partial charge in [-0.3, -0.25) is 19.1 Å². The minimum atomic E-state index is -0.635. The molecule has 0 aliphatic carbocycles. The van der Waals surface area contributed by atoms with E-state index in [2.05, 4.69) is 29.2 Å². The molecule has 8 heteroatoms. The van der Waals surface area contributed by atoms with Gasteiger partial charge in [0.2, 0.25) is 12.2 Å². The molecule has 1 N–H and O–H groups in total. The van der Waals surface area contributed by atoms with E-state index in [1.165, 1.54) is 5.56 Å². The predicted octanol–water partition coefficient (Wildman–Crippen LogP) is 4.39. The van der Waals surface area contributed by atoms with Gasteiger partial charge < -0.3 is 19.5 Å². The van der Waals surface area contributed by atoms with Crippen molar-refractivity contribution in [2.24, 2.45) is 5.92 Å². The number of hydrogen-bond acceptors (Lipinski definition) is 6. The summed E-state index contributed by atoms with van der Waals surface area (Å²) in [6.07, 6.45) is 4.41. The molecular weight excluding hydrogens is 506 g/mol. The summed E-state index contributed by atoms with van der Waals surface area (Å²) in [5.74, 6) is -0.264. The summed E-state index contributed by atoms with van der Waals surface area (Å²) in [7, 11) is 0. The van der Waals surface area contributed by atoms with E-state index in [1.807, 2.05) is 54.4 Å². The lowest BCUT2D eigenvalue weighted by Crippen LogP contribution is -2.49. The average molecular weight is 546 g/mol. The van der Waals surface area contributed by atoms with Crippen LogP contribution in [0.2, 0.25) is 0 Å². The molecule has 2 aromatic carbocycles. The van der Waals surface area contributed by atoms with Crippen LogP contribution in [0.5, 0.6) is 0 Å². The monoisotopic (exact) mass is 545 g/mol. The fourth-order valence-electron chi connectivity index (χ4n) is 5.95. The van der Waals surface area contributed by atoms with Gasteiger partial charge in [-0.15, -0.1) is 0 Å². The van der Waals surface area contributed by atoms with Crippen molar-refractivity contribution in [2.45, 2.75) is 45.4 Å². The minimum Gasteiger partial charge on any atom is -0.459 e. The second-order valence-electron chi connectivity index (χ2n) is 10.6. The van der Waals surface area contributed by atoms with Gasteiger partial charge in [-0.2, -0.15) is 0 Å². The number of ether oxygens (including phenoxy) is 2. The van der Waals surface area contributed by atoms with Crippen LogP contribution in [-0.4, -0.2) is 77.0 Å². The Balaban J connectivity index is 1.43. The summed E-state index contributed by atoms with van der Waals surface area (Å²) in [6, 6.07) is 18.2. The van der Waals surface area contributed by atoms with Crippen molar-refractivity contribution in [1.29, 1.82) is 0 Å². The molecule has 8 nitrogen and oxygen atoms in total. The summed E-state index contributed by atoms with van der Waals surface area (Å²) < 4.78 is 14.0. The zero-order valence-corrected chi connectivity index (χ0v) is 23.4. The molecule has 1 aromatic heterocycles. The maximum absolute atomic E-state index is 13.8. The summed E-state index contributed by atoms with van der Waals surface area (Å²) in [5.41, 5.74) is 3.06. The molecule has 3 aromatic rings. The van der Waals surface area contributed by atoms with Crippen LogP contribution in [0, 0.1) is 5.92 Å². The zero-order valence-electron chi connectivity index (χ0n) is 23.4. The minimum absolute atomic E-state index is 0.0556. The number of aliphatic hydroxyl groups is 1. The molecule has 5 rings (SSSR count). The van der Waals surface area contributed by atoms with E-state index in [0.29, 0.717) is 38.3 Å². The molecule has 40 heavy (non-hydrogen) atoms. The third-order valence-corrected chi connectivity index (χ3v) is 7.97. The van der Waals surface area contributed by atoms with Crippen LogP contribution in [-0.2, 0) is 20.8 Å². The molecule has 2 aliphatic rings. The van der Waals surface area contributed by atoms with Crippen molar-refractivity contribution in [3.8, 4) is 0 Å². The Labute approximate surface area is 235 Å². The first-order valence-corrected chi connectivity index (χ1v) is 14.3. The van der Waals surface area contributed by atoms with E-state index in [4.69, 9.17) is 9.47 Å². The van der Waals surface area contributed by atoms with E-state index in [9.17, 15) is 14.7 Å². The number of nitrogens with zero attached hydrogens (tertiary/aromatic N) is 3. The van der Waals surface area contributed by atoms with Crippen molar-refractivity contribution < 1.29 is 24.2 Å². The summed E-state index contributed by atoms with van der Waals surface area (Å²) >= 11 is 0. The van der Waals surface area contributed by atoms with E-state index >= 15 is 0 Å². The Bertz CT molecular complexity index is 1340. The summed E-state index contributed by atoms with van der Waals surface area (Å²) in [5, 5.41) is 10.6. The highest BCUT2D eigenvalue weighted by Crippen LogP contribution is 2.42. The highest BCUT2D eigenvalue weighted by molar-refractivity contribution is 5.95. The van der Waals surface area contributed by atoms with Crippen molar-refractivity contribution >= 4 is 22.7 Å². The Morgan fingerprint density at radius 3 is 2.45 bits per heavy atom. The molecule has 1 amide bonds. The van der Waals surface area contributed by atoms with Crippen molar-refractivity contribution in [2.75, 3.05) is 39.4 Å². The number of aromatic nitrogens is 1. The van der Waals surface area contributed by atoms with Crippen molar-refractivity contribution in [1.82, 2.24) is 14.4 Å². The molecule has 3 heterocycles. The lowest BCUT2D eigenvalue weighted by molar-refractivity contribution is -0.171. The zero-order chi connectivity index (χ0) is 28.1. The Kier molecular flexibility index (Phi) is 8.99. The Hall–Kier alpha value is -3.46. The number of para-hydroxylation sites is 1. The number of fused-ring (bicyclic) bond motifs is 1. The standard InChI is InChI=1S/C32H39N3O5/c1-3-39-32-26(13-9-19-36)27(28-22-35(23(2)37)29-14-8-7-12-25(28)29)20-30(40-32)31(38)34-17-15-33(16-18-34)21-24-10-5-4-6-11-24/h4-8,10-12,14,20,22,26-27,32,36H,3,9,13,15-19,21H2,1-2H3/t26-,27+,32-/m0/s1. The highest BCUT2D eigenvalue weighted by atomic mass is 16.7. The lowest BCUT2D eigenvalue weighted by atomic mass is 9.80. The normalized spacial score (nSPS) is 21.7. The third-order valence-electron chi connectivity index (χ3n) is 7.97. The number of allylic oxidation sites excluding steroid dienone is 1. The van der Waals surface area contributed by atoms with Gasteiger partial charge in [0.15, 0.2) is 5.76 Å². The first kappa shape index (κ1) is 28.1. The van der Waals surface area contributed by atoms with Gasteiger partial charge >= 0.3 is 0 Å². The Morgan fingerprint density at radius 1 is 1.02 bits per heavy atom. The van der Waals surface area contributed by atoms with Gasteiger partial charge in [-0.05, 0) is 43.0 Å². The molecule has 3 atom stereocenters. The van der Waals surface area contributed by atoms with Crippen LogP contribution in [0.4, 0.5) is 0 Å². The number of aliphatic hydroxyl groups excluding tert-OH is 1. The van der Waals surface area contributed by atoms with Crippen molar-refractivity contribution in [3.63, 3.8) is 0 Å². The lowest BCUT2D eigenvalue weighted by Gasteiger charge is -2.39. The quantitative estimate of drug-likeness (QED) is 0.429. The van der Waals surface area contributed by atoms with Crippen LogP contribution in [0.3, 0.4) is 0 Å². The molecule has 1 fully saturated rings. The van der Waals surface area contributed by atoms with Gasteiger partial charge in [0, 0.05) is 76.3 Å². The van der Waals surface area contributed by atoms with Crippen molar-refractivity contribution in [3.05, 3.63) is 83.8 Å². The molecular formula is C32H39N3O5. The van der Waals surface area contributed by atoms with Crippen LogP contribution < -0.4 is 0 Å². The first-order chi connectivity index (χ1) is 19.5. The summed E-state index contributed by atoms with van der Waals surface area (Å²) in [4.78, 5) is 30.5. The smallest absolute Gasteiger partial charge is 0.288 e. The number of rotatable bonds is 9. The number of piperazine rings is 1. The highest BCUT2D eigenvalue weighted by Gasteiger charge is 2.40. The maximum Gasteiger partial charge on any atom is 0.288 e. The maximum atomic E-state index is 13.8. The van der Waals surface area contributed by atoms with Crippen LogP contribution in [0.15, 0.2) is 72.6 Å². The second kappa shape index (κ2) is 12.8. The predicted molar refractivity (Wildman–Crippen MR) is 154 cm³/mol. The SMILES string of the molecule is CCO[C@H]1OC(C(=O)N2CCN(Cc3ccccc3)CC2)=C[C@@H](c2cn(C(C)=O)c3ccccc23)[C@@H]1CCCO. The molecule has 0 unspecified atom stereocenters. The molecule has 0 saturated carbocycles. The van der Waals surface area contributed by atoms with E-state index in [0.717, 1.165) is 36.1 Å². The largest absolute Gasteiger partial charge is 0.459 e. The fourth-order valence-corrected chi connectivity index (χ4v) is 5.95. The van der Waals surface area contributed by atoms with Gasteiger partial charge in [0.1, 0.15) is 0 Å². The molecule has 1 saturated heterocycles. The number of carbonyl (C=O) groups is 2. The number of amides is 1. The topological polar surface area (TPSA) is 84.2 Å². The Morgan fingerprint density at radius 2 is 1.75 bits per heavy atom. The van der Waals surface area contributed by atoms with Gasteiger partial charge in [0.05, 0.1) is 5.52 Å². The molecule has 0 spiro atoms. The third kappa shape index (κ3) is 5.99. The molecule has 2 aliphatic heterocycles. The van der Waals surface area contributed by atoms with E-state index in [1.54, 1.807) is 11.5 Å². The second-order valence-corrected chi connectivity index (χ2v) is 10.6. The van der Waals surface area contributed by atoms with Gasteiger partial charge in [-0.25, -0.2) is 0 Å². The average Bonchev–Trinajstić information content (AvgIpc) is 3.37. The van der Waals surface area contributed by atoms with Crippen LogP contribution in [0.1, 0.15) is 48.5 Å². The van der Waals surface area contributed by atoms with E-state index in [-0.39, 0.29) is 30.3 Å². The number of hydrogen-bond donors (Lipinski definition) is 1. The van der Waals surface area contributed by atoms with Crippen LogP contribution in [0.25, 0.3) is 10.9 Å². The van der Waals surface area contributed by atoms with Gasteiger partial charge in [0.25, 0.3) is 5.91 Å². The fraction of sp³-hybridized carbons (Fsp3) is 0.438. The molecule has 212 valence electrons.